The third kappa shape index (κ3) is 1.87. The van der Waals surface area contributed by atoms with Gasteiger partial charge in [0.2, 0.25) is 5.91 Å². The van der Waals surface area contributed by atoms with E-state index in [4.69, 9.17) is 18.0 Å². The van der Waals surface area contributed by atoms with Gasteiger partial charge >= 0.3 is 0 Å². The fourth-order valence-electron chi connectivity index (χ4n) is 2.11. The molecule has 15 heavy (non-hydrogen) atoms. The zero-order chi connectivity index (χ0) is 11.1. The summed E-state index contributed by atoms with van der Waals surface area (Å²) in [7, 11) is 0. The van der Waals surface area contributed by atoms with Gasteiger partial charge in [-0.1, -0.05) is 18.6 Å². The summed E-state index contributed by atoms with van der Waals surface area (Å²) in [5.74, 6) is 0.713. The maximum absolute atomic E-state index is 11.9. The SMILES string of the molecule is CC(NC(=O)C1(C(N)=S)CC1)C1CCC1. The molecule has 0 aromatic carbocycles. The largest absolute Gasteiger partial charge is 0.392 e. The molecule has 0 aromatic rings. The molecule has 0 bridgehead atoms. The average molecular weight is 226 g/mol. The van der Waals surface area contributed by atoms with E-state index < -0.39 is 5.41 Å². The standard InChI is InChI=1S/C11H18N2OS/c1-7(8-3-2-4-8)13-10(14)11(5-6-11)9(12)15/h7-8H,2-6H2,1H3,(H2,12,15)(H,13,14). The molecule has 2 aliphatic rings. The van der Waals surface area contributed by atoms with Crippen LogP contribution in [0.1, 0.15) is 39.0 Å². The second-order valence-electron chi connectivity index (χ2n) is 4.90. The molecule has 0 heterocycles. The van der Waals surface area contributed by atoms with E-state index >= 15 is 0 Å². The third-order valence-electron chi connectivity index (χ3n) is 3.87. The van der Waals surface area contributed by atoms with E-state index in [-0.39, 0.29) is 11.9 Å². The van der Waals surface area contributed by atoms with Gasteiger partial charge in [-0.05, 0) is 38.5 Å². The number of rotatable bonds is 4. The number of nitrogens with two attached hydrogens (primary N) is 1. The number of carbonyl (C=O) groups is 1. The summed E-state index contributed by atoms with van der Waals surface area (Å²) in [5, 5.41) is 3.06. The topological polar surface area (TPSA) is 55.1 Å². The highest BCUT2D eigenvalue weighted by Gasteiger charge is 2.53. The summed E-state index contributed by atoms with van der Waals surface area (Å²) >= 11 is 4.95. The molecule has 3 nitrogen and oxygen atoms in total. The number of hydrogen-bond donors (Lipinski definition) is 2. The van der Waals surface area contributed by atoms with E-state index in [1.807, 2.05) is 0 Å². The van der Waals surface area contributed by atoms with Crippen LogP contribution in [-0.4, -0.2) is 16.9 Å². The van der Waals surface area contributed by atoms with Gasteiger partial charge in [0.25, 0.3) is 0 Å². The summed E-state index contributed by atoms with van der Waals surface area (Å²) in [5.41, 5.74) is 5.11. The molecule has 2 rings (SSSR count). The lowest BCUT2D eigenvalue weighted by Crippen LogP contribution is -2.47. The van der Waals surface area contributed by atoms with E-state index in [2.05, 4.69) is 12.2 Å². The van der Waals surface area contributed by atoms with Crippen LogP contribution >= 0.6 is 12.2 Å². The van der Waals surface area contributed by atoms with Crippen molar-refractivity contribution in [3.8, 4) is 0 Å². The first-order chi connectivity index (χ1) is 7.06. The fraction of sp³-hybridized carbons (Fsp3) is 0.818. The highest BCUT2D eigenvalue weighted by molar-refractivity contribution is 7.80. The van der Waals surface area contributed by atoms with Crippen molar-refractivity contribution in [1.82, 2.24) is 5.32 Å². The Balaban J connectivity index is 1.89. The van der Waals surface area contributed by atoms with Crippen LogP contribution in [0, 0.1) is 11.3 Å². The van der Waals surface area contributed by atoms with Gasteiger partial charge in [0, 0.05) is 6.04 Å². The van der Waals surface area contributed by atoms with Crippen molar-refractivity contribution in [3.05, 3.63) is 0 Å². The smallest absolute Gasteiger partial charge is 0.233 e. The highest BCUT2D eigenvalue weighted by Crippen LogP contribution is 2.46. The Morgan fingerprint density at radius 2 is 2.13 bits per heavy atom. The maximum atomic E-state index is 11.9. The van der Waals surface area contributed by atoms with Gasteiger partial charge in [0.15, 0.2) is 0 Å². The molecule has 1 atom stereocenters. The van der Waals surface area contributed by atoms with Gasteiger partial charge in [-0.2, -0.15) is 0 Å². The van der Waals surface area contributed by atoms with Crippen molar-refractivity contribution >= 4 is 23.1 Å². The van der Waals surface area contributed by atoms with Crippen LogP contribution in [-0.2, 0) is 4.79 Å². The highest BCUT2D eigenvalue weighted by atomic mass is 32.1. The Kier molecular flexibility index (Phi) is 2.71. The molecule has 0 spiro atoms. The molecule has 2 aliphatic carbocycles. The summed E-state index contributed by atoms with van der Waals surface area (Å²) < 4.78 is 0. The normalized spacial score (nSPS) is 25.1. The van der Waals surface area contributed by atoms with E-state index in [1.165, 1.54) is 19.3 Å². The quantitative estimate of drug-likeness (QED) is 0.712. The summed E-state index contributed by atoms with van der Waals surface area (Å²) in [6.45, 7) is 2.08. The Morgan fingerprint density at radius 3 is 2.47 bits per heavy atom. The molecule has 4 heteroatoms. The lowest BCUT2D eigenvalue weighted by molar-refractivity contribution is -0.125. The van der Waals surface area contributed by atoms with Crippen LogP contribution in [0.3, 0.4) is 0 Å². The van der Waals surface area contributed by atoms with Gasteiger partial charge in [0.05, 0.1) is 10.4 Å². The van der Waals surface area contributed by atoms with Crippen molar-refractivity contribution in [2.24, 2.45) is 17.1 Å². The molecule has 2 saturated carbocycles. The van der Waals surface area contributed by atoms with Crippen molar-refractivity contribution < 1.29 is 4.79 Å². The van der Waals surface area contributed by atoms with Crippen LogP contribution < -0.4 is 11.1 Å². The van der Waals surface area contributed by atoms with Crippen LogP contribution in [0.2, 0.25) is 0 Å². The van der Waals surface area contributed by atoms with Crippen LogP contribution in [0.25, 0.3) is 0 Å². The molecule has 2 fully saturated rings. The molecular weight excluding hydrogens is 208 g/mol. The lowest BCUT2D eigenvalue weighted by atomic mass is 9.80. The number of carbonyl (C=O) groups excluding carboxylic acids is 1. The summed E-state index contributed by atoms with van der Waals surface area (Å²) in [4.78, 5) is 12.3. The third-order valence-corrected chi connectivity index (χ3v) is 4.26. The minimum Gasteiger partial charge on any atom is -0.392 e. The molecule has 3 N–H and O–H groups in total. The minimum atomic E-state index is -0.493. The second kappa shape index (κ2) is 3.74. The van der Waals surface area contributed by atoms with Gasteiger partial charge in [-0.25, -0.2) is 0 Å². The molecule has 1 amide bonds. The fourth-order valence-corrected chi connectivity index (χ4v) is 2.41. The first-order valence-electron chi connectivity index (χ1n) is 5.67. The number of nitrogens with one attached hydrogen (secondary N) is 1. The Morgan fingerprint density at radius 1 is 1.53 bits per heavy atom. The molecule has 0 saturated heterocycles. The van der Waals surface area contributed by atoms with E-state index in [9.17, 15) is 4.79 Å². The molecular formula is C11H18N2OS. The zero-order valence-electron chi connectivity index (χ0n) is 9.08. The minimum absolute atomic E-state index is 0.0504. The molecule has 1 unspecified atom stereocenters. The first-order valence-corrected chi connectivity index (χ1v) is 6.08. The van der Waals surface area contributed by atoms with Gasteiger partial charge in [-0.15, -0.1) is 0 Å². The van der Waals surface area contributed by atoms with Crippen molar-refractivity contribution in [2.75, 3.05) is 0 Å². The van der Waals surface area contributed by atoms with Crippen LogP contribution in [0.15, 0.2) is 0 Å². The first kappa shape index (κ1) is 10.9. The Labute approximate surface area is 95.8 Å². The average Bonchev–Trinajstić information content (AvgIpc) is 2.78. The molecule has 0 aliphatic heterocycles. The Hall–Kier alpha value is -0.640. The molecule has 0 aromatic heterocycles. The zero-order valence-corrected chi connectivity index (χ0v) is 9.90. The maximum Gasteiger partial charge on any atom is 0.233 e. The van der Waals surface area contributed by atoms with E-state index in [0.717, 1.165) is 12.8 Å². The van der Waals surface area contributed by atoms with Crippen LogP contribution in [0.4, 0.5) is 0 Å². The van der Waals surface area contributed by atoms with Crippen molar-refractivity contribution in [3.63, 3.8) is 0 Å². The van der Waals surface area contributed by atoms with Gasteiger partial charge in [0.1, 0.15) is 0 Å². The van der Waals surface area contributed by atoms with Gasteiger partial charge < -0.3 is 11.1 Å². The number of thiocarbonyl (C=S) groups is 1. The lowest BCUT2D eigenvalue weighted by Gasteiger charge is -2.32. The molecule has 84 valence electrons. The predicted octanol–water partition coefficient (Wildman–Crippen LogP) is 1.36. The van der Waals surface area contributed by atoms with Crippen molar-refractivity contribution in [2.45, 2.75) is 45.1 Å². The van der Waals surface area contributed by atoms with Gasteiger partial charge in [-0.3, -0.25) is 4.79 Å². The monoisotopic (exact) mass is 226 g/mol. The Bertz CT molecular complexity index is 295. The van der Waals surface area contributed by atoms with E-state index in [1.54, 1.807) is 0 Å². The summed E-state index contributed by atoms with van der Waals surface area (Å²) in [6.07, 6.45) is 5.42. The number of hydrogen-bond acceptors (Lipinski definition) is 2. The number of amides is 1. The second-order valence-corrected chi connectivity index (χ2v) is 5.34. The summed E-state index contributed by atoms with van der Waals surface area (Å²) in [6, 6.07) is 0.276. The van der Waals surface area contributed by atoms with Crippen LogP contribution in [0.5, 0.6) is 0 Å². The molecule has 0 radical (unpaired) electrons. The van der Waals surface area contributed by atoms with Crippen molar-refractivity contribution in [1.29, 1.82) is 0 Å². The predicted molar refractivity (Wildman–Crippen MR) is 63.4 cm³/mol. The van der Waals surface area contributed by atoms with E-state index in [0.29, 0.717) is 10.9 Å².